The lowest BCUT2D eigenvalue weighted by molar-refractivity contribution is 0.240. The summed E-state index contributed by atoms with van der Waals surface area (Å²) >= 11 is 0. The third-order valence-corrected chi connectivity index (χ3v) is 5.13. The van der Waals surface area contributed by atoms with E-state index >= 15 is 0 Å². The molecule has 92 valence electrons. The first kappa shape index (κ1) is 12.4. The van der Waals surface area contributed by atoms with Crippen LogP contribution in [0.1, 0.15) is 25.8 Å². The molecule has 3 heteroatoms. The second kappa shape index (κ2) is 5.05. The highest BCUT2D eigenvalue weighted by molar-refractivity contribution is 7.94. The van der Waals surface area contributed by atoms with Crippen LogP contribution in [0.4, 0.5) is 0 Å². The molecule has 0 saturated carbocycles. The zero-order valence-corrected chi connectivity index (χ0v) is 11.1. The third kappa shape index (κ3) is 3.19. The Morgan fingerprint density at radius 2 is 2.12 bits per heavy atom. The summed E-state index contributed by atoms with van der Waals surface area (Å²) in [6.45, 7) is 4.74. The van der Waals surface area contributed by atoms with Crippen LogP contribution in [-0.4, -0.2) is 21.3 Å². The first-order chi connectivity index (χ1) is 8.12. The maximum absolute atomic E-state index is 11.2. The lowest BCUT2D eigenvalue weighted by Gasteiger charge is -2.06. The van der Waals surface area contributed by atoms with Gasteiger partial charge in [-0.25, -0.2) is 0 Å². The van der Waals surface area contributed by atoms with E-state index in [1.54, 1.807) is 6.26 Å². The Morgan fingerprint density at radius 1 is 1.47 bits per heavy atom. The minimum atomic E-state index is -0.615. The van der Waals surface area contributed by atoms with Gasteiger partial charge in [-0.1, -0.05) is 30.3 Å². The summed E-state index contributed by atoms with van der Waals surface area (Å²) in [4.78, 5) is 0. The SMILES string of the molecule is C/C(=C/OCCC1(C)CS1=O)c1ccccc1. The number of benzene rings is 1. The molecule has 17 heavy (non-hydrogen) atoms. The standard InChI is InChI=1S/C14H18O2S/c1-12(13-6-4-3-5-7-13)10-16-9-8-14(2)11-17(14)15/h3-7,10H,8-9,11H2,1-2H3/b12-10-. The van der Waals surface area contributed by atoms with E-state index in [-0.39, 0.29) is 4.75 Å². The van der Waals surface area contributed by atoms with E-state index in [0.29, 0.717) is 6.61 Å². The molecular formula is C14H18O2S. The predicted molar refractivity (Wildman–Crippen MR) is 72.1 cm³/mol. The average Bonchev–Trinajstić information content (AvgIpc) is 2.94. The molecule has 2 atom stereocenters. The molecule has 2 nitrogen and oxygen atoms in total. The number of allylic oxidation sites excluding steroid dienone is 1. The first-order valence-corrected chi connectivity index (χ1v) is 7.16. The van der Waals surface area contributed by atoms with Gasteiger partial charge in [-0.05, 0) is 31.4 Å². The summed E-state index contributed by atoms with van der Waals surface area (Å²) < 4.78 is 16.7. The molecule has 1 heterocycles. The Balaban J connectivity index is 1.79. The van der Waals surface area contributed by atoms with Gasteiger partial charge in [0.05, 0.1) is 17.6 Å². The monoisotopic (exact) mass is 250 g/mol. The van der Waals surface area contributed by atoms with E-state index in [1.165, 1.54) is 5.56 Å². The first-order valence-electron chi connectivity index (χ1n) is 5.84. The van der Waals surface area contributed by atoms with Crippen molar-refractivity contribution in [2.45, 2.75) is 25.0 Å². The smallest absolute Gasteiger partial charge is 0.0887 e. The average molecular weight is 250 g/mol. The van der Waals surface area contributed by atoms with Crippen molar-refractivity contribution in [3.05, 3.63) is 42.2 Å². The summed E-state index contributed by atoms with van der Waals surface area (Å²) in [7, 11) is -0.615. The van der Waals surface area contributed by atoms with Crippen molar-refractivity contribution in [1.29, 1.82) is 0 Å². The van der Waals surface area contributed by atoms with Crippen molar-refractivity contribution in [2.75, 3.05) is 12.4 Å². The molecule has 0 N–H and O–H groups in total. The van der Waals surface area contributed by atoms with Crippen molar-refractivity contribution in [3.8, 4) is 0 Å². The summed E-state index contributed by atoms with van der Waals surface area (Å²) in [6.07, 6.45) is 2.67. The van der Waals surface area contributed by atoms with Crippen molar-refractivity contribution in [1.82, 2.24) is 0 Å². The molecule has 1 aromatic carbocycles. The van der Waals surface area contributed by atoms with Crippen LogP contribution < -0.4 is 0 Å². The van der Waals surface area contributed by atoms with Gasteiger partial charge in [0.15, 0.2) is 0 Å². The van der Waals surface area contributed by atoms with Gasteiger partial charge in [0, 0.05) is 16.6 Å². The van der Waals surface area contributed by atoms with Gasteiger partial charge < -0.3 is 4.74 Å². The van der Waals surface area contributed by atoms with Crippen LogP contribution in [0.5, 0.6) is 0 Å². The van der Waals surface area contributed by atoms with Gasteiger partial charge >= 0.3 is 0 Å². The Hall–Kier alpha value is -1.09. The molecule has 0 spiro atoms. The molecule has 1 fully saturated rings. The molecule has 1 aliphatic heterocycles. The van der Waals surface area contributed by atoms with Gasteiger partial charge in [0.1, 0.15) is 0 Å². The molecule has 0 amide bonds. The Kier molecular flexibility index (Phi) is 3.67. The zero-order chi connectivity index (χ0) is 12.3. The van der Waals surface area contributed by atoms with E-state index in [0.717, 1.165) is 17.7 Å². The summed E-state index contributed by atoms with van der Waals surface area (Å²) in [6, 6.07) is 10.2. The van der Waals surface area contributed by atoms with E-state index in [9.17, 15) is 4.21 Å². The Labute approximate surface area is 105 Å². The van der Waals surface area contributed by atoms with Gasteiger partial charge in [-0.3, -0.25) is 4.21 Å². The minimum Gasteiger partial charge on any atom is -0.501 e. The fourth-order valence-electron chi connectivity index (χ4n) is 1.66. The van der Waals surface area contributed by atoms with Gasteiger partial charge in [0.2, 0.25) is 0 Å². The normalized spacial score (nSPS) is 27.9. The lowest BCUT2D eigenvalue weighted by Crippen LogP contribution is -2.08. The van der Waals surface area contributed by atoms with Crippen LogP contribution in [0.25, 0.3) is 5.57 Å². The number of hydrogen-bond donors (Lipinski definition) is 0. The minimum absolute atomic E-state index is 0.0223. The molecule has 2 unspecified atom stereocenters. The molecule has 1 aromatic rings. The molecule has 1 saturated heterocycles. The summed E-state index contributed by atoms with van der Waals surface area (Å²) in [5.74, 6) is 0.831. The van der Waals surface area contributed by atoms with Crippen molar-refractivity contribution in [3.63, 3.8) is 0 Å². The van der Waals surface area contributed by atoms with Crippen LogP contribution >= 0.6 is 0 Å². The molecule has 0 bridgehead atoms. The van der Waals surface area contributed by atoms with E-state index in [2.05, 4.69) is 19.1 Å². The maximum Gasteiger partial charge on any atom is 0.0887 e. The quantitative estimate of drug-likeness (QED) is 0.456. The highest BCUT2D eigenvalue weighted by atomic mass is 32.2. The van der Waals surface area contributed by atoms with Crippen LogP contribution in [0, 0.1) is 0 Å². The fraction of sp³-hybridized carbons (Fsp3) is 0.429. The van der Waals surface area contributed by atoms with E-state index in [4.69, 9.17) is 4.74 Å². The Bertz CT molecular complexity index is 439. The van der Waals surface area contributed by atoms with Gasteiger partial charge in [-0.2, -0.15) is 0 Å². The number of ether oxygens (including phenoxy) is 1. The van der Waals surface area contributed by atoms with Gasteiger partial charge in [-0.15, -0.1) is 0 Å². The van der Waals surface area contributed by atoms with Crippen LogP contribution in [0.15, 0.2) is 36.6 Å². The number of rotatable bonds is 5. The van der Waals surface area contributed by atoms with E-state index < -0.39 is 10.8 Å². The second-order valence-electron chi connectivity index (χ2n) is 4.73. The molecule has 0 aliphatic carbocycles. The van der Waals surface area contributed by atoms with E-state index in [1.807, 2.05) is 25.1 Å². The highest BCUT2D eigenvalue weighted by Crippen LogP contribution is 2.34. The molecule has 0 aromatic heterocycles. The molecule has 2 rings (SSSR count). The summed E-state index contributed by atoms with van der Waals surface area (Å²) in [5, 5.41) is 0. The third-order valence-electron chi connectivity index (χ3n) is 3.14. The second-order valence-corrected chi connectivity index (χ2v) is 6.69. The maximum atomic E-state index is 11.2. The summed E-state index contributed by atoms with van der Waals surface area (Å²) in [5.41, 5.74) is 2.29. The molecular weight excluding hydrogens is 232 g/mol. The van der Waals surface area contributed by atoms with Crippen LogP contribution in [0.3, 0.4) is 0 Å². The molecule has 1 aliphatic rings. The fourth-order valence-corrected chi connectivity index (χ4v) is 2.76. The zero-order valence-electron chi connectivity index (χ0n) is 10.3. The number of hydrogen-bond acceptors (Lipinski definition) is 2. The Morgan fingerprint density at radius 3 is 2.71 bits per heavy atom. The van der Waals surface area contributed by atoms with Crippen molar-refractivity contribution >= 4 is 16.4 Å². The van der Waals surface area contributed by atoms with Crippen LogP contribution in [0.2, 0.25) is 0 Å². The van der Waals surface area contributed by atoms with Crippen molar-refractivity contribution in [2.24, 2.45) is 0 Å². The topological polar surface area (TPSA) is 26.3 Å². The highest BCUT2D eigenvalue weighted by Gasteiger charge is 2.47. The predicted octanol–water partition coefficient (Wildman–Crippen LogP) is 2.98. The lowest BCUT2D eigenvalue weighted by atomic mass is 10.1. The van der Waals surface area contributed by atoms with Crippen LogP contribution in [-0.2, 0) is 15.5 Å². The largest absolute Gasteiger partial charge is 0.501 e. The van der Waals surface area contributed by atoms with Gasteiger partial charge in [0.25, 0.3) is 0 Å². The van der Waals surface area contributed by atoms with Crippen molar-refractivity contribution < 1.29 is 8.95 Å². The molecule has 0 radical (unpaired) electrons.